The van der Waals surface area contributed by atoms with Gasteiger partial charge in [-0.05, 0) is 29.3 Å². The lowest BCUT2D eigenvalue weighted by Crippen LogP contribution is -3.10. The molecule has 0 radical (unpaired) electrons. The van der Waals surface area contributed by atoms with Gasteiger partial charge in [-0.2, -0.15) is 0 Å². The van der Waals surface area contributed by atoms with Gasteiger partial charge in [0.1, 0.15) is 18.3 Å². The fourth-order valence-electron chi connectivity index (χ4n) is 4.11. The second kappa shape index (κ2) is 10.2. The van der Waals surface area contributed by atoms with E-state index in [4.69, 9.17) is 4.74 Å². The van der Waals surface area contributed by atoms with Crippen molar-refractivity contribution in [2.75, 3.05) is 44.8 Å². The number of carbonyl (C=O) groups is 1. The van der Waals surface area contributed by atoms with Crippen LogP contribution in [0.2, 0.25) is 0 Å². The van der Waals surface area contributed by atoms with Crippen LogP contribution in [0, 0.1) is 0 Å². The van der Waals surface area contributed by atoms with E-state index >= 15 is 0 Å². The van der Waals surface area contributed by atoms with Gasteiger partial charge in [0.25, 0.3) is 0 Å². The van der Waals surface area contributed by atoms with Gasteiger partial charge in [-0.25, -0.2) is 8.42 Å². The van der Waals surface area contributed by atoms with Crippen molar-refractivity contribution in [1.82, 2.24) is 4.90 Å². The Balaban J connectivity index is 1.83. The topological polar surface area (TPSA) is 80.2 Å². The molecule has 1 heterocycles. The highest BCUT2D eigenvalue weighted by atomic mass is 32.2. The van der Waals surface area contributed by atoms with E-state index in [1.54, 1.807) is 30.2 Å². The molecule has 2 aromatic carbocycles. The van der Waals surface area contributed by atoms with E-state index in [0.717, 1.165) is 37.2 Å². The summed E-state index contributed by atoms with van der Waals surface area (Å²) >= 11 is 0. The van der Waals surface area contributed by atoms with Gasteiger partial charge in [0.2, 0.25) is 15.9 Å². The van der Waals surface area contributed by atoms with Crippen molar-refractivity contribution in [2.24, 2.45) is 0 Å². The molecule has 0 saturated carbocycles. The molecule has 2 N–H and O–H groups in total. The summed E-state index contributed by atoms with van der Waals surface area (Å²) in [6, 6.07) is 14.8. The minimum Gasteiger partial charge on any atom is -0.497 e. The number of ether oxygens (including phenoxy) is 1. The molecule has 1 saturated heterocycles. The molecule has 3 rings (SSSR count). The lowest BCUT2D eigenvalue weighted by Gasteiger charge is -2.30. The lowest BCUT2D eigenvalue weighted by molar-refractivity contribution is -0.890. The van der Waals surface area contributed by atoms with Crippen LogP contribution in [-0.4, -0.2) is 59.3 Å². The van der Waals surface area contributed by atoms with Crippen molar-refractivity contribution >= 4 is 21.6 Å². The SMILES string of the molecule is COc1cccc(C(C[NH+]2CCCC2)N(C)C(=O)Cc2ccccc2NS(C)(=O)=O)c1. The number of amides is 1. The van der Waals surface area contributed by atoms with Gasteiger partial charge in [-0.15, -0.1) is 0 Å². The average Bonchev–Trinajstić information content (AvgIpc) is 3.25. The van der Waals surface area contributed by atoms with E-state index in [9.17, 15) is 13.2 Å². The summed E-state index contributed by atoms with van der Waals surface area (Å²) in [6.07, 6.45) is 3.64. The fraction of sp³-hybridized carbons (Fsp3) is 0.435. The molecule has 31 heavy (non-hydrogen) atoms. The zero-order valence-corrected chi connectivity index (χ0v) is 19.2. The summed E-state index contributed by atoms with van der Waals surface area (Å²) in [5.74, 6) is 0.705. The van der Waals surface area contributed by atoms with Gasteiger partial charge in [-0.3, -0.25) is 9.52 Å². The number of nitrogens with zero attached hydrogens (tertiary/aromatic N) is 1. The van der Waals surface area contributed by atoms with Crippen molar-refractivity contribution in [1.29, 1.82) is 0 Å². The largest absolute Gasteiger partial charge is 0.497 e. The number of para-hydroxylation sites is 1. The Morgan fingerprint density at radius 2 is 1.87 bits per heavy atom. The van der Waals surface area contributed by atoms with E-state index < -0.39 is 10.0 Å². The fourth-order valence-corrected chi connectivity index (χ4v) is 4.71. The van der Waals surface area contributed by atoms with Crippen LogP contribution in [0.15, 0.2) is 48.5 Å². The predicted molar refractivity (Wildman–Crippen MR) is 122 cm³/mol. The molecule has 1 atom stereocenters. The Labute approximate surface area is 185 Å². The molecule has 7 nitrogen and oxygen atoms in total. The van der Waals surface area contributed by atoms with Gasteiger partial charge < -0.3 is 14.5 Å². The second-order valence-electron chi connectivity index (χ2n) is 8.17. The summed E-state index contributed by atoms with van der Waals surface area (Å²) < 4.78 is 31.3. The maximum atomic E-state index is 13.3. The minimum atomic E-state index is -3.43. The summed E-state index contributed by atoms with van der Waals surface area (Å²) in [7, 11) is 0.0367. The molecule has 1 fully saturated rings. The number of carbonyl (C=O) groups excluding carboxylic acids is 1. The summed E-state index contributed by atoms with van der Waals surface area (Å²) in [5, 5.41) is 0. The molecule has 1 amide bonds. The summed E-state index contributed by atoms with van der Waals surface area (Å²) in [5.41, 5.74) is 2.13. The van der Waals surface area contributed by atoms with Crippen molar-refractivity contribution < 1.29 is 22.8 Å². The molecular weight excluding hydrogens is 414 g/mol. The monoisotopic (exact) mass is 446 g/mol. The number of rotatable bonds is 9. The Morgan fingerprint density at radius 3 is 2.55 bits per heavy atom. The molecule has 8 heteroatoms. The zero-order chi connectivity index (χ0) is 22.4. The average molecular weight is 447 g/mol. The normalized spacial score (nSPS) is 15.5. The predicted octanol–water partition coefficient (Wildman–Crippen LogP) is 1.49. The Morgan fingerprint density at radius 1 is 1.16 bits per heavy atom. The number of likely N-dealkylation sites (tertiary alicyclic amines) is 1. The Kier molecular flexibility index (Phi) is 7.56. The number of sulfonamides is 1. The van der Waals surface area contributed by atoms with Gasteiger partial charge >= 0.3 is 0 Å². The van der Waals surface area contributed by atoms with Crippen LogP contribution in [0.3, 0.4) is 0 Å². The van der Waals surface area contributed by atoms with Gasteiger partial charge in [0, 0.05) is 19.9 Å². The van der Waals surface area contributed by atoms with Crippen molar-refractivity contribution in [3.05, 3.63) is 59.7 Å². The van der Waals surface area contributed by atoms with E-state index in [-0.39, 0.29) is 18.4 Å². The lowest BCUT2D eigenvalue weighted by atomic mass is 10.0. The second-order valence-corrected chi connectivity index (χ2v) is 9.91. The first-order valence-electron chi connectivity index (χ1n) is 10.6. The highest BCUT2D eigenvalue weighted by molar-refractivity contribution is 7.92. The number of quaternary nitrogens is 1. The van der Waals surface area contributed by atoms with E-state index in [2.05, 4.69) is 4.72 Å². The third-order valence-corrected chi connectivity index (χ3v) is 6.38. The molecule has 1 aliphatic rings. The van der Waals surface area contributed by atoms with E-state index in [1.807, 2.05) is 37.4 Å². The number of anilines is 1. The number of hydrogen-bond donors (Lipinski definition) is 2. The minimum absolute atomic E-state index is 0.0610. The molecule has 0 aliphatic carbocycles. The van der Waals surface area contributed by atoms with Crippen LogP contribution < -0.4 is 14.4 Å². The molecule has 168 valence electrons. The maximum Gasteiger partial charge on any atom is 0.229 e. The number of nitrogens with one attached hydrogen (secondary N) is 2. The van der Waals surface area contributed by atoms with Crippen LogP contribution in [0.4, 0.5) is 5.69 Å². The van der Waals surface area contributed by atoms with Gasteiger partial charge in [-0.1, -0.05) is 30.3 Å². The highest BCUT2D eigenvalue weighted by Crippen LogP contribution is 2.25. The highest BCUT2D eigenvalue weighted by Gasteiger charge is 2.28. The standard InChI is InChI=1S/C23H31N3O4S/c1-25(23(27)16-18-9-4-5-12-21(18)24-31(3,28)29)22(17-26-13-6-7-14-26)19-10-8-11-20(15-19)30-2/h4-5,8-12,15,22,24H,6-7,13-14,16-17H2,1-3H3/p+1. The molecule has 2 aromatic rings. The third-order valence-electron chi connectivity index (χ3n) is 5.79. The van der Waals surface area contributed by atoms with Gasteiger partial charge in [0.15, 0.2) is 0 Å². The molecule has 1 unspecified atom stereocenters. The first-order valence-corrected chi connectivity index (χ1v) is 12.4. The Bertz CT molecular complexity index is 1000. The van der Waals surface area contributed by atoms with Crippen LogP contribution in [-0.2, 0) is 21.2 Å². The molecular formula is C23H32N3O4S+. The van der Waals surface area contributed by atoms with E-state index in [1.165, 1.54) is 17.7 Å². The molecule has 0 bridgehead atoms. The zero-order valence-electron chi connectivity index (χ0n) is 18.4. The van der Waals surface area contributed by atoms with Crippen LogP contribution in [0.1, 0.15) is 30.0 Å². The smallest absolute Gasteiger partial charge is 0.229 e. The maximum absolute atomic E-state index is 13.3. The third kappa shape index (κ3) is 6.45. The van der Waals surface area contributed by atoms with Crippen LogP contribution in [0.5, 0.6) is 5.75 Å². The molecule has 1 aliphatic heterocycles. The molecule has 0 aromatic heterocycles. The van der Waals surface area contributed by atoms with Crippen LogP contribution in [0.25, 0.3) is 0 Å². The van der Waals surface area contributed by atoms with Crippen LogP contribution >= 0.6 is 0 Å². The molecule has 0 spiro atoms. The van der Waals surface area contributed by atoms with Gasteiger partial charge in [0.05, 0.1) is 38.6 Å². The van der Waals surface area contributed by atoms with Crippen molar-refractivity contribution in [2.45, 2.75) is 25.3 Å². The Hall–Kier alpha value is -2.58. The first kappa shape index (κ1) is 23.1. The van der Waals surface area contributed by atoms with Crippen molar-refractivity contribution in [3.63, 3.8) is 0 Å². The number of benzene rings is 2. The van der Waals surface area contributed by atoms with Crippen molar-refractivity contribution in [3.8, 4) is 5.75 Å². The summed E-state index contributed by atoms with van der Waals surface area (Å²) in [4.78, 5) is 16.6. The quantitative estimate of drug-likeness (QED) is 0.612. The number of likely N-dealkylation sites (N-methyl/N-ethyl adjacent to an activating group) is 1. The number of hydrogen-bond acceptors (Lipinski definition) is 4. The number of methoxy groups -OCH3 is 1. The first-order chi connectivity index (χ1) is 14.8. The van der Waals surface area contributed by atoms with E-state index in [0.29, 0.717) is 11.3 Å². The summed E-state index contributed by atoms with van der Waals surface area (Å²) in [6.45, 7) is 3.06.